The van der Waals surface area contributed by atoms with Crippen molar-refractivity contribution in [3.63, 3.8) is 0 Å². The number of hydrogen-bond acceptors (Lipinski definition) is 2. The average Bonchev–Trinajstić information content (AvgIpc) is 2.04. The second-order valence-corrected chi connectivity index (χ2v) is 2.94. The molecular formula is C10H16INO2. The average molecular weight is 309 g/mol. The van der Waals surface area contributed by atoms with Crippen molar-refractivity contribution in [2.45, 2.75) is 20.8 Å². The van der Waals surface area contributed by atoms with Crippen molar-refractivity contribution in [1.82, 2.24) is 0 Å². The Hall–Kier alpha value is -0.520. The first-order valence-electron chi connectivity index (χ1n) is 4.38. The van der Waals surface area contributed by atoms with E-state index in [0.717, 1.165) is 16.9 Å². The predicted molar refractivity (Wildman–Crippen MR) is 49.8 cm³/mol. The Balaban J connectivity index is 0.00000169. The van der Waals surface area contributed by atoms with Crippen LogP contribution in [0.5, 0.6) is 5.75 Å². The molecule has 0 aliphatic rings. The molecule has 0 aromatic carbocycles. The van der Waals surface area contributed by atoms with Crippen LogP contribution in [-0.4, -0.2) is 13.7 Å². The standard InChI is InChI=1S/C10H16NO2.HI/c1-5-13-11-6-8(2)10(12-4)9(3)7-11;/h6-7H,5H2,1-4H3;1H/q+1;/p-1. The van der Waals surface area contributed by atoms with Gasteiger partial charge in [-0.1, -0.05) is 0 Å². The summed E-state index contributed by atoms with van der Waals surface area (Å²) in [5.74, 6) is 0.927. The minimum absolute atomic E-state index is 0. The van der Waals surface area contributed by atoms with Crippen LogP contribution in [0.15, 0.2) is 12.4 Å². The maximum atomic E-state index is 5.33. The zero-order valence-corrected chi connectivity index (χ0v) is 11.2. The van der Waals surface area contributed by atoms with E-state index in [-0.39, 0.29) is 24.0 Å². The number of methoxy groups -OCH3 is 1. The summed E-state index contributed by atoms with van der Waals surface area (Å²) in [5.41, 5.74) is 2.16. The van der Waals surface area contributed by atoms with Gasteiger partial charge in [0.15, 0.2) is 6.61 Å². The van der Waals surface area contributed by atoms with Gasteiger partial charge >= 0.3 is 0 Å². The van der Waals surface area contributed by atoms with Crippen molar-refractivity contribution in [2.24, 2.45) is 0 Å². The van der Waals surface area contributed by atoms with Crippen LogP contribution < -0.4 is 38.3 Å². The second-order valence-electron chi connectivity index (χ2n) is 2.94. The molecule has 0 radical (unpaired) electrons. The highest BCUT2D eigenvalue weighted by Gasteiger charge is 2.11. The Labute approximate surface area is 102 Å². The molecule has 1 rings (SSSR count). The Morgan fingerprint density at radius 1 is 1.21 bits per heavy atom. The number of pyridine rings is 1. The first-order chi connectivity index (χ1) is 6.19. The van der Waals surface area contributed by atoms with E-state index < -0.39 is 0 Å². The Kier molecular flexibility index (Phi) is 5.83. The van der Waals surface area contributed by atoms with E-state index in [9.17, 15) is 0 Å². The summed E-state index contributed by atoms with van der Waals surface area (Å²) in [4.78, 5) is 5.33. The van der Waals surface area contributed by atoms with Crippen LogP contribution in [0, 0.1) is 13.8 Å². The number of ether oxygens (including phenoxy) is 1. The van der Waals surface area contributed by atoms with Crippen LogP contribution in [0.1, 0.15) is 18.1 Å². The third-order valence-corrected chi connectivity index (χ3v) is 1.84. The molecule has 0 N–H and O–H groups in total. The molecule has 0 saturated heterocycles. The van der Waals surface area contributed by atoms with Crippen molar-refractivity contribution in [3.8, 4) is 5.75 Å². The Morgan fingerprint density at radius 3 is 2.07 bits per heavy atom. The lowest BCUT2D eigenvalue weighted by atomic mass is 10.2. The van der Waals surface area contributed by atoms with Crippen molar-refractivity contribution in [3.05, 3.63) is 23.5 Å². The number of aryl methyl sites for hydroxylation is 2. The van der Waals surface area contributed by atoms with Crippen LogP contribution in [0.25, 0.3) is 0 Å². The summed E-state index contributed by atoms with van der Waals surface area (Å²) in [6, 6.07) is 0. The first-order valence-corrected chi connectivity index (χ1v) is 4.38. The minimum atomic E-state index is 0. The molecule has 0 amide bonds. The summed E-state index contributed by atoms with van der Waals surface area (Å²) in [6.07, 6.45) is 3.82. The molecule has 0 bridgehead atoms. The molecule has 80 valence electrons. The van der Waals surface area contributed by atoms with E-state index >= 15 is 0 Å². The number of rotatable bonds is 3. The predicted octanol–water partition coefficient (Wildman–Crippen LogP) is -1.95. The molecular weight excluding hydrogens is 293 g/mol. The van der Waals surface area contributed by atoms with Gasteiger partial charge in [0.25, 0.3) is 0 Å². The molecule has 0 aliphatic heterocycles. The van der Waals surface area contributed by atoms with Crippen molar-refractivity contribution in [2.75, 3.05) is 13.7 Å². The largest absolute Gasteiger partial charge is 1.00 e. The van der Waals surface area contributed by atoms with Crippen LogP contribution in [-0.2, 0) is 0 Å². The second kappa shape index (κ2) is 6.06. The van der Waals surface area contributed by atoms with Crippen molar-refractivity contribution < 1.29 is 38.3 Å². The van der Waals surface area contributed by atoms with E-state index in [1.54, 1.807) is 11.8 Å². The summed E-state index contributed by atoms with van der Waals surface area (Å²) in [5, 5.41) is 0. The Bertz CT molecular complexity index is 279. The van der Waals surface area contributed by atoms with E-state index in [2.05, 4.69) is 0 Å². The third kappa shape index (κ3) is 3.01. The van der Waals surface area contributed by atoms with Crippen LogP contribution in [0.3, 0.4) is 0 Å². The zero-order chi connectivity index (χ0) is 9.84. The van der Waals surface area contributed by atoms with Gasteiger partial charge in [-0.25, -0.2) is 0 Å². The summed E-state index contributed by atoms with van der Waals surface area (Å²) in [6.45, 7) is 6.63. The molecule has 0 saturated carbocycles. The van der Waals surface area contributed by atoms with E-state index in [0.29, 0.717) is 6.61 Å². The maximum Gasteiger partial charge on any atom is 0.229 e. The van der Waals surface area contributed by atoms with E-state index in [1.165, 1.54) is 0 Å². The summed E-state index contributed by atoms with van der Waals surface area (Å²) >= 11 is 0. The molecule has 0 aliphatic carbocycles. The quantitative estimate of drug-likeness (QED) is 0.478. The third-order valence-electron chi connectivity index (χ3n) is 1.84. The molecule has 0 atom stereocenters. The van der Waals surface area contributed by atoms with Gasteiger partial charge in [0, 0.05) is 4.73 Å². The van der Waals surface area contributed by atoms with Crippen molar-refractivity contribution >= 4 is 0 Å². The zero-order valence-electron chi connectivity index (χ0n) is 9.00. The molecule has 0 unspecified atom stereocenters. The Morgan fingerprint density at radius 2 is 1.71 bits per heavy atom. The van der Waals surface area contributed by atoms with Crippen LogP contribution >= 0.6 is 0 Å². The van der Waals surface area contributed by atoms with Gasteiger partial charge in [-0.15, -0.1) is 0 Å². The molecule has 4 heteroatoms. The van der Waals surface area contributed by atoms with Gasteiger partial charge in [0.2, 0.25) is 12.4 Å². The highest BCUT2D eigenvalue weighted by Crippen LogP contribution is 2.18. The molecule has 0 fully saturated rings. The molecule has 14 heavy (non-hydrogen) atoms. The van der Waals surface area contributed by atoms with Crippen molar-refractivity contribution in [1.29, 1.82) is 0 Å². The SMILES string of the molecule is CCO[n+]1cc(C)c(OC)c(C)c1.[I-]. The number of aromatic nitrogens is 1. The van der Waals surface area contributed by atoms with Gasteiger partial charge in [-0.3, -0.25) is 4.84 Å². The lowest BCUT2D eigenvalue weighted by molar-refractivity contribution is -0.891. The topological polar surface area (TPSA) is 22.3 Å². The molecule has 3 nitrogen and oxygen atoms in total. The fourth-order valence-electron chi connectivity index (χ4n) is 1.39. The van der Waals surface area contributed by atoms with Gasteiger partial charge in [-0.2, -0.15) is 0 Å². The fourth-order valence-corrected chi connectivity index (χ4v) is 1.39. The van der Waals surface area contributed by atoms with Crippen LogP contribution in [0.4, 0.5) is 0 Å². The lowest BCUT2D eigenvalue weighted by Gasteiger charge is -2.05. The number of nitrogens with zero attached hydrogens (tertiary/aromatic N) is 1. The molecule has 1 heterocycles. The van der Waals surface area contributed by atoms with Gasteiger partial charge in [0.1, 0.15) is 5.75 Å². The summed E-state index contributed by atoms with van der Waals surface area (Å²) in [7, 11) is 1.68. The van der Waals surface area contributed by atoms with Gasteiger partial charge in [0.05, 0.1) is 18.2 Å². The number of halogens is 1. The normalized spacial score (nSPS) is 9.14. The number of hydrogen-bond donors (Lipinski definition) is 0. The smallest absolute Gasteiger partial charge is 0.229 e. The van der Waals surface area contributed by atoms with Gasteiger partial charge in [-0.05, 0) is 20.8 Å². The van der Waals surface area contributed by atoms with E-state index in [1.807, 2.05) is 33.2 Å². The highest BCUT2D eigenvalue weighted by molar-refractivity contribution is 5.34. The fraction of sp³-hybridized carbons (Fsp3) is 0.500. The molecule has 1 aromatic heterocycles. The van der Waals surface area contributed by atoms with Crippen LogP contribution in [0.2, 0.25) is 0 Å². The minimum Gasteiger partial charge on any atom is -1.00 e. The molecule has 1 aromatic rings. The maximum absolute atomic E-state index is 5.33. The summed E-state index contributed by atoms with van der Waals surface area (Å²) < 4.78 is 6.96. The monoisotopic (exact) mass is 309 g/mol. The first kappa shape index (κ1) is 13.5. The lowest BCUT2D eigenvalue weighted by Crippen LogP contribution is -3.00. The van der Waals surface area contributed by atoms with Gasteiger partial charge < -0.3 is 28.7 Å². The highest BCUT2D eigenvalue weighted by atomic mass is 127. The van der Waals surface area contributed by atoms with E-state index in [4.69, 9.17) is 9.57 Å². The molecule has 0 spiro atoms.